The Balaban J connectivity index is 2.02. The second kappa shape index (κ2) is 5.00. The quantitative estimate of drug-likeness (QED) is 0.908. The number of rotatable bonds is 2. The second-order valence-corrected chi connectivity index (χ2v) is 5.29. The van der Waals surface area contributed by atoms with E-state index in [0.717, 1.165) is 18.4 Å². The van der Waals surface area contributed by atoms with Crippen LogP contribution in [0.2, 0.25) is 0 Å². The van der Waals surface area contributed by atoms with Gasteiger partial charge in [0.15, 0.2) is 0 Å². The molecule has 0 atom stereocenters. The summed E-state index contributed by atoms with van der Waals surface area (Å²) in [4.78, 5) is 13.3. The van der Waals surface area contributed by atoms with E-state index in [4.69, 9.17) is 5.73 Å². The monoisotopic (exact) mass is 266 g/mol. The Morgan fingerprint density at radius 3 is 2.60 bits per heavy atom. The molecule has 1 aliphatic heterocycles. The van der Waals surface area contributed by atoms with Gasteiger partial charge in [-0.2, -0.15) is 0 Å². The number of carbonyl (C=O) groups is 1. The van der Waals surface area contributed by atoms with Gasteiger partial charge in [-0.05, 0) is 41.7 Å². The van der Waals surface area contributed by atoms with Crippen LogP contribution < -0.4 is 10.6 Å². The number of benzene rings is 2. The van der Waals surface area contributed by atoms with Crippen molar-refractivity contribution in [3.05, 3.63) is 59.2 Å². The van der Waals surface area contributed by atoms with Crippen LogP contribution in [0.1, 0.15) is 16.7 Å². The molecule has 0 radical (unpaired) electrons. The average molecular weight is 266 g/mol. The number of carbonyl (C=O) groups excluding carboxylic acids is 1. The first kappa shape index (κ1) is 12.7. The van der Waals surface area contributed by atoms with E-state index in [2.05, 4.69) is 48.3 Å². The Kier molecular flexibility index (Phi) is 3.18. The average Bonchev–Trinajstić information content (AvgIpc) is 2.57. The second-order valence-electron chi connectivity index (χ2n) is 5.29. The van der Waals surface area contributed by atoms with Crippen LogP contribution in [-0.4, -0.2) is 13.0 Å². The number of amides is 1. The van der Waals surface area contributed by atoms with Crippen molar-refractivity contribution in [2.75, 3.05) is 11.9 Å². The number of nitrogens with zero attached hydrogens (tertiary/aromatic N) is 1. The highest BCUT2D eigenvalue weighted by Gasteiger charge is 2.17. The molecule has 0 saturated heterocycles. The van der Waals surface area contributed by atoms with E-state index < -0.39 is 0 Å². The lowest BCUT2D eigenvalue weighted by Gasteiger charge is -2.22. The van der Waals surface area contributed by atoms with Gasteiger partial charge in [-0.15, -0.1) is 0 Å². The zero-order valence-electron chi connectivity index (χ0n) is 11.6. The van der Waals surface area contributed by atoms with Gasteiger partial charge < -0.3 is 10.6 Å². The number of nitrogens with two attached hydrogens (primary N) is 1. The fraction of sp³-hybridized carbons (Fsp3) is 0.235. The van der Waals surface area contributed by atoms with Crippen molar-refractivity contribution in [1.82, 2.24) is 0 Å². The number of hydrogen-bond acceptors (Lipinski definition) is 2. The number of primary amides is 1. The van der Waals surface area contributed by atoms with Crippen molar-refractivity contribution < 1.29 is 4.79 Å². The van der Waals surface area contributed by atoms with Crippen LogP contribution >= 0.6 is 0 Å². The molecule has 20 heavy (non-hydrogen) atoms. The molecule has 0 bridgehead atoms. The lowest BCUT2D eigenvalue weighted by Crippen LogP contribution is -2.15. The highest BCUT2D eigenvalue weighted by atomic mass is 16.1. The molecule has 0 fully saturated rings. The molecule has 2 aromatic carbocycles. The van der Waals surface area contributed by atoms with Gasteiger partial charge in [-0.1, -0.05) is 30.3 Å². The van der Waals surface area contributed by atoms with E-state index in [1.54, 1.807) is 0 Å². The lowest BCUT2D eigenvalue weighted by atomic mass is 10.0. The van der Waals surface area contributed by atoms with Crippen molar-refractivity contribution in [2.24, 2.45) is 5.73 Å². The molecule has 3 heteroatoms. The minimum absolute atomic E-state index is 0.282. The van der Waals surface area contributed by atoms with Crippen molar-refractivity contribution in [3.63, 3.8) is 0 Å². The van der Waals surface area contributed by atoms with Crippen molar-refractivity contribution >= 4 is 17.3 Å². The fourth-order valence-electron chi connectivity index (χ4n) is 2.93. The van der Waals surface area contributed by atoms with Crippen molar-refractivity contribution in [3.8, 4) is 0 Å². The molecule has 2 aromatic rings. The summed E-state index contributed by atoms with van der Waals surface area (Å²) in [6, 6.07) is 14.7. The first-order valence-electron chi connectivity index (χ1n) is 6.87. The minimum atomic E-state index is -0.282. The first-order valence-corrected chi connectivity index (χ1v) is 6.87. The molecule has 2 N–H and O–H groups in total. The first-order chi connectivity index (χ1) is 9.65. The smallest absolute Gasteiger partial charge is 0.221 e. The molecule has 3 nitrogen and oxygen atoms in total. The number of hydrogen-bond donors (Lipinski definition) is 1. The Hall–Kier alpha value is -2.29. The minimum Gasteiger partial charge on any atom is -0.369 e. The third-order valence-corrected chi connectivity index (χ3v) is 3.90. The predicted molar refractivity (Wildman–Crippen MR) is 81.3 cm³/mol. The van der Waals surface area contributed by atoms with Crippen LogP contribution in [0.15, 0.2) is 42.5 Å². The molecule has 0 aliphatic carbocycles. The summed E-state index contributed by atoms with van der Waals surface area (Å²) in [7, 11) is 2.09. The van der Waals surface area contributed by atoms with Crippen molar-refractivity contribution in [1.29, 1.82) is 0 Å². The summed E-state index contributed by atoms with van der Waals surface area (Å²) in [5, 5.41) is 0. The maximum atomic E-state index is 11.1. The molecule has 3 rings (SSSR count). The molecule has 1 amide bonds. The van der Waals surface area contributed by atoms with Gasteiger partial charge >= 0.3 is 0 Å². The Labute approximate surface area is 119 Å². The molecule has 0 aromatic heterocycles. The van der Waals surface area contributed by atoms with Gasteiger partial charge in [-0.25, -0.2) is 0 Å². The Morgan fingerprint density at radius 2 is 1.80 bits per heavy atom. The van der Waals surface area contributed by atoms with Gasteiger partial charge in [0.25, 0.3) is 0 Å². The van der Waals surface area contributed by atoms with Gasteiger partial charge in [0.05, 0.1) is 6.42 Å². The zero-order chi connectivity index (χ0) is 14.1. The van der Waals surface area contributed by atoms with Gasteiger partial charge in [0.2, 0.25) is 5.91 Å². The van der Waals surface area contributed by atoms with Gasteiger partial charge in [0.1, 0.15) is 0 Å². The number of aryl methyl sites for hydroxylation is 2. The van der Waals surface area contributed by atoms with E-state index in [-0.39, 0.29) is 5.91 Å². The lowest BCUT2D eigenvalue weighted by molar-refractivity contribution is -0.117. The normalized spacial score (nSPS) is 13.3. The van der Waals surface area contributed by atoms with Crippen LogP contribution in [0.25, 0.3) is 0 Å². The molecule has 0 unspecified atom stereocenters. The third kappa shape index (κ3) is 2.27. The highest BCUT2D eigenvalue weighted by molar-refractivity contribution is 5.77. The van der Waals surface area contributed by atoms with Crippen LogP contribution in [-0.2, 0) is 24.1 Å². The fourth-order valence-corrected chi connectivity index (χ4v) is 2.93. The van der Waals surface area contributed by atoms with E-state index in [9.17, 15) is 4.79 Å². The predicted octanol–water partition coefficient (Wildman–Crippen LogP) is 2.58. The molecule has 0 saturated carbocycles. The summed E-state index contributed by atoms with van der Waals surface area (Å²) in [6.45, 7) is 0. The van der Waals surface area contributed by atoms with Crippen LogP contribution in [0.5, 0.6) is 0 Å². The van der Waals surface area contributed by atoms with E-state index >= 15 is 0 Å². The Morgan fingerprint density at radius 1 is 1.10 bits per heavy atom. The molecule has 1 aliphatic rings. The van der Waals surface area contributed by atoms with E-state index in [1.165, 1.54) is 22.5 Å². The molecule has 1 heterocycles. The summed E-state index contributed by atoms with van der Waals surface area (Å²) >= 11 is 0. The van der Waals surface area contributed by atoms with Gasteiger partial charge in [-0.3, -0.25) is 4.79 Å². The topological polar surface area (TPSA) is 46.3 Å². The molecular weight excluding hydrogens is 248 g/mol. The highest BCUT2D eigenvalue weighted by Crippen LogP contribution is 2.34. The summed E-state index contributed by atoms with van der Waals surface area (Å²) in [6.07, 6.45) is 2.32. The van der Waals surface area contributed by atoms with E-state index in [0.29, 0.717) is 6.42 Å². The molecular formula is C17H18N2O. The molecule has 102 valence electrons. The standard InChI is InChI=1S/C17H18N2O/c1-19-15-5-3-2-4-13(15)7-8-14-10-12(11-17(18)20)6-9-16(14)19/h2-6,9-10H,7-8,11H2,1H3,(H2,18,20). The zero-order valence-corrected chi connectivity index (χ0v) is 11.6. The Bertz CT molecular complexity index is 664. The maximum absolute atomic E-state index is 11.1. The third-order valence-electron chi connectivity index (χ3n) is 3.90. The SMILES string of the molecule is CN1c2ccccc2CCc2cc(CC(N)=O)ccc21. The van der Waals surface area contributed by atoms with Crippen LogP contribution in [0.4, 0.5) is 11.4 Å². The summed E-state index contributed by atoms with van der Waals surface area (Å²) < 4.78 is 0. The number of para-hydroxylation sites is 1. The largest absolute Gasteiger partial charge is 0.369 e. The number of fused-ring (bicyclic) bond motifs is 2. The van der Waals surface area contributed by atoms with Crippen LogP contribution in [0, 0.1) is 0 Å². The maximum Gasteiger partial charge on any atom is 0.221 e. The van der Waals surface area contributed by atoms with Gasteiger partial charge in [0, 0.05) is 18.4 Å². The van der Waals surface area contributed by atoms with E-state index in [1.807, 2.05) is 6.07 Å². The summed E-state index contributed by atoms with van der Waals surface area (Å²) in [5.74, 6) is -0.282. The number of anilines is 2. The van der Waals surface area contributed by atoms with Crippen molar-refractivity contribution in [2.45, 2.75) is 19.3 Å². The van der Waals surface area contributed by atoms with Crippen LogP contribution in [0.3, 0.4) is 0 Å². The summed E-state index contributed by atoms with van der Waals surface area (Å²) in [5.41, 5.74) is 11.4. The molecule has 0 spiro atoms.